The van der Waals surface area contributed by atoms with Gasteiger partial charge in [-0.05, 0) is 51.3 Å². The fourth-order valence-electron chi connectivity index (χ4n) is 2.43. The zero-order chi connectivity index (χ0) is 17.6. The fraction of sp³-hybridized carbons (Fsp3) is 0.158. The second kappa shape index (κ2) is 7.98. The summed E-state index contributed by atoms with van der Waals surface area (Å²) in [5.41, 5.74) is 2.75. The number of carbonyl (C=O) groups is 1. The molecule has 0 radical (unpaired) electrons. The summed E-state index contributed by atoms with van der Waals surface area (Å²) in [5, 5.41) is 7.12. The molecular formula is C19H18BrN3O2. The molecule has 1 N–H and O–H groups in total. The highest BCUT2D eigenvalue weighted by atomic mass is 79.9. The molecular weight excluding hydrogens is 382 g/mol. The van der Waals surface area contributed by atoms with E-state index in [0.29, 0.717) is 17.9 Å². The second-order valence-corrected chi connectivity index (χ2v) is 6.40. The molecule has 3 aromatic rings. The third-order valence-electron chi connectivity index (χ3n) is 3.80. The number of hydrogen-bond donors (Lipinski definition) is 1. The Bertz CT molecular complexity index is 846. The van der Waals surface area contributed by atoms with Crippen molar-refractivity contribution in [2.24, 2.45) is 0 Å². The first-order chi connectivity index (χ1) is 12.2. The van der Waals surface area contributed by atoms with Gasteiger partial charge in [0.05, 0.1) is 19.2 Å². The maximum atomic E-state index is 12.4. The lowest BCUT2D eigenvalue weighted by molar-refractivity contribution is 0.0950. The van der Waals surface area contributed by atoms with Gasteiger partial charge < -0.3 is 10.1 Å². The molecule has 0 aliphatic heterocycles. The number of hydrogen-bond acceptors (Lipinski definition) is 3. The number of nitrogens with zero attached hydrogens (tertiary/aromatic N) is 2. The molecule has 1 amide bonds. The molecule has 0 unspecified atom stereocenters. The second-order valence-electron chi connectivity index (χ2n) is 5.55. The Morgan fingerprint density at radius 3 is 2.64 bits per heavy atom. The van der Waals surface area contributed by atoms with Gasteiger partial charge in [-0.15, -0.1) is 0 Å². The summed E-state index contributed by atoms with van der Waals surface area (Å²) in [6, 6.07) is 15.3. The minimum Gasteiger partial charge on any atom is -0.497 e. The van der Waals surface area contributed by atoms with Gasteiger partial charge in [0.1, 0.15) is 5.75 Å². The molecule has 128 valence electrons. The smallest absolute Gasteiger partial charge is 0.252 e. The Morgan fingerprint density at radius 1 is 1.20 bits per heavy atom. The van der Waals surface area contributed by atoms with Crippen LogP contribution in [0.25, 0.3) is 0 Å². The number of carbonyl (C=O) groups excluding carboxylic acids is 1. The average molecular weight is 400 g/mol. The van der Waals surface area contributed by atoms with Crippen molar-refractivity contribution in [3.63, 3.8) is 0 Å². The van der Waals surface area contributed by atoms with Crippen LogP contribution in [0.15, 0.2) is 65.4 Å². The van der Waals surface area contributed by atoms with Gasteiger partial charge in [0.15, 0.2) is 0 Å². The number of ether oxygens (including phenoxy) is 1. The van der Waals surface area contributed by atoms with Gasteiger partial charge in [0, 0.05) is 23.4 Å². The van der Waals surface area contributed by atoms with Crippen LogP contribution in [-0.4, -0.2) is 22.8 Å². The van der Waals surface area contributed by atoms with Crippen molar-refractivity contribution in [3.8, 4) is 5.75 Å². The number of methoxy groups -OCH3 is 1. The first-order valence-electron chi connectivity index (χ1n) is 7.82. The van der Waals surface area contributed by atoms with Crippen molar-refractivity contribution < 1.29 is 9.53 Å². The van der Waals surface area contributed by atoms with Crippen molar-refractivity contribution in [3.05, 3.63) is 82.1 Å². The van der Waals surface area contributed by atoms with Gasteiger partial charge >= 0.3 is 0 Å². The molecule has 1 heterocycles. The van der Waals surface area contributed by atoms with Crippen LogP contribution in [-0.2, 0) is 13.1 Å². The van der Waals surface area contributed by atoms with Gasteiger partial charge in [-0.25, -0.2) is 0 Å². The molecule has 0 aliphatic carbocycles. The predicted octanol–water partition coefficient (Wildman–Crippen LogP) is 3.63. The number of halogens is 1. The third kappa shape index (κ3) is 4.48. The fourth-order valence-corrected chi connectivity index (χ4v) is 2.85. The topological polar surface area (TPSA) is 56.1 Å². The van der Waals surface area contributed by atoms with Crippen LogP contribution < -0.4 is 10.1 Å². The normalized spacial score (nSPS) is 10.5. The van der Waals surface area contributed by atoms with E-state index in [9.17, 15) is 4.79 Å². The van der Waals surface area contributed by atoms with Crippen LogP contribution >= 0.6 is 15.9 Å². The molecule has 0 spiro atoms. The zero-order valence-electron chi connectivity index (χ0n) is 13.8. The molecule has 3 rings (SSSR count). The lowest BCUT2D eigenvalue weighted by Gasteiger charge is -2.09. The quantitative estimate of drug-likeness (QED) is 0.688. The predicted molar refractivity (Wildman–Crippen MR) is 99.6 cm³/mol. The van der Waals surface area contributed by atoms with Crippen molar-refractivity contribution in [2.45, 2.75) is 13.1 Å². The molecule has 0 saturated carbocycles. The monoisotopic (exact) mass is 399 g/mol. The molecule has 0 atom stereocenters. The molecule has 0 saturated heterocycles. The Labute approximate surface area is 154 Å². The number of rotatable bonds is 6. The van der Waals surface area contributed by atoms with E-state index in [0.717, 1.165) is 22.1 Å². The Balaban J connectivity index is 1.60. The number of benzene rings is 2. The molecule has 6 heteroatoms. The van der Waals surface area contributed by atoms with Crippen LogP contribution in [0.4, 0.5) is 0 Å². The lowest BCUT2D eigenvalue weighted by Crippen LogP contribution is -2.23. The van der Waals surface area contributed by atoms with Gasteiger partial charge in [-0.3, -0.25) is 9.48 Å². The van der Waals surface area contributed by atoms with Crippen LogP contribution in [0.3, 0.4) is 0 Å². The molecule has 0 aliphatic rings. The van der Waals surface area contributed by atoms with Crippen LogP contribution in [0.5, 0.6) is 5.75 Å². The van der Waals surface area contributed by atoms with Crippen molar-refractivity contribution in [2.75, 3.05) is 7.11 Å². The van der Waals surface area contributed by atoms with Crippen molar-refractivity contribution in [1.82, 2.24) is 15.1 Å². The number of aromatic nitrogens is 2. The first-order valence-corrected chi connectivity index (χ1v) is 8.62. The standard InChI is InChI=1S/C19H18BrN3O2/c1-25-16-7-8-18(20)17(11-16)19(24)21-12-14-3-5-15(6-4-14)13-23-10-2-9-22-23/h2-11H,12-13H2,1H3,(H,21,24). The average Bonchev–Trinajstić information content (AvgIpc) is 3.14. The Hall–Kier alpha value is -2.60. The van der Waals surface area contributed by atoms with Crippen LogP contribution in [0.1, 0.15) is 21.5 Å². The van der Waals surface area contributed by atoms with Gasteiger partial charge in [0.25, 0.3) is 5.91 Å². The maximum absolute atomic E-state index is 12.4. The summed E-state index contributed by atoms with van der Waals surface area (Å²) in [7, 11) is 1.58. The first kappa shape index (κ1) is 17.2. The highest BCUT2D eigenvalue weighted by molar-refractivity contribution is 9.10. The van der Waals surface area contributed by atoms with Crippen molar-refractivity contribution in [1.29, 1.82) is 0 Å². The minimum atomic E-state index is -0.147. The largest absolute Gasteiger partial charge is 0.497 e. The molecule has 2 aromatic carbocycles. The summed E-state index contributed by atoms with van der Waals surface area (Å²) in [5.74, 6) is 0.503. The van der Waals surface area contributed by atoms with E-state index in [1.54, 1.807) is 31.5 Å². The molecule has 5 nitrogen and oxygen atoms in total. The number of amides is 1. The summed E-state index contributed by atoms with van der Waals surface area (Å²) < 4.78 is 7.78. The van der Waals surface area contributed by atoms with Crippen LogP contribution in [0, 0.1) is 0 Å². The van der Waals surface area contributed by atoms with Gasteiger partial charge in [-0.2, -0.15) is 5.10 Å². The maximum Gasteiger partial charge on any atom is 0.252 e. The molecule has 0 fully saturated rings. The molecule has 1 aromatic heterocycles. The van der Waals surface area contributed by atoms with Crippen molar-refractivity contribution >= 4 is 21.8 Å². The summed E-state index contributed by atoms with van der Waals surface area (Å²) in [6.07, 6.45) is 3.70. The molecule has 0 bridgehead atoms. The van der Waals surface area contributed by atoms with E-state index in [2.05, 4.69) is 26.3 Å². The van der Waals surface area contributed by atoms with E-state index in [1.807, 2.05) is 41.2 Å². The highest BCUT2D eigenvalue weighted by Gasteiger charge is 2.11. The number of nitrogens with one attached hydrogen (secondary N) is 1. The SMILES string of the molecule is COc1ccc(Br)c(C(=O)NCc2ccc(Cn3cccn3)cc2)c1. The highest BCUT2D eigenvalue weighted by Crippen LogP contribution is 2.22. The zero-order valence-corrected chi connectivity index (χ0v) is 15.4. The third-order valence-corrected chi connectivity index (χ3v) is 4.49. The van der Waals surface area contributed by atoms with E-state index in [-0.39, 0.29) is 5.91 Å². The molecule has 25 heavy (non-hydrogen) atoms. The minimum absolute atomic E-state index is 0.147. The summed E-state index contributed by atoms with van der Waals surface area (Å²) >= 11 is 3.40. The van der Waals surface area contributed by atoms with E-state index >= 15 is 0 Å². The van der Waals surface area contributed by atoms with Gasteiger partial charge in [-0.1, -0.05) is 24.3 Å². The van der Waals surface area contributed by atoms with E-state index in [1.165, 1.54) is 0 Å². The Morgan fingerprint density at radius 2 is 1.96 bits per heavy atom. The van der Waals surface area contributed by atoms with E-state index < -0.39 is 0 Å². The van der Waals surface area contributed by atoms with Gasteiger partial charge in [0.2, 0.25) is 0 Å². The summed E-state index contributed by atoms with van der Waals surface area (Å²) in [6.45, 7) is 1.20. The van der Waals surface area contributed by atoms with E-state index in [4.69, 9.17) is 4.74 Å². The lowest BCUT2D eigenvalue weighted by atomic mass is 10.1. The Kier molecular flexibility index (Phi) is 5.50. The van der Waals surface area contributed by atoms with Crippen LogP contribution in [0.2, 0.25) is 0 Å². The summed E-state index contributed by atoms with van der Waals surface area (Å²) in [4.78, 5) is 12.4.